The lowest BCUT2D eigenvalue weighted by Crippen LogP contribution is -2.48. The highest BCUT2D eigenvalue weighted by atomic mass is 35.5. The molecule has 2 aliphatic heterocycles. The number of hydrogen-bond acceptors (Lipinski definition) is 3. The Kier molecular flexibility index (Phi) is 4.55. The molecule has 3 nitrogen and oxygen atoms in total. The van der Waals surface area contributed by atoms with Gasteiger partial charge in [-0.25, -0.2) is 0 Å². The zero-order valence-corrected chi connectivity index (χ0v) is 13.8. The minimum absolute atomic E-state index is 0.0752. The van der Waals surface area contributed by atoms with Gasteiger partial charge in [0.2, 0.25) is 0 Å². The molecule has 4 heteroatoms. The van der Waals surface area contributed by atoms with Crippen LogP contribution in [0.1, 0.15) is 24.8 Å². The highest BCUT2D eigenvalue weighted by Gasteiger charge is 2.43. The van der Waals surface area contributed by atoms with Crippen molar-refractivity contribution in [2.75, 3.05) is 33.8 Å². The molecule has 21 heavy (non-hydrogen) atoms. The quantitative estimate of drug-likeness (QED) is 0.853. The lowest BCUT2D eigenvalue weighted by atomic mass is 9.89. The lowest BCUT2D eigenvalue weighted by Gasteiger charge is -2.40. The number of halogens is 1. The van der Waals surface area contributed by atoms with Crippen LogP contribution in [0.25, 0.3) is 0 Å². The summed E-state index contributed by atoms with van der Waals surface area (Å²) in [6, 6.07) is 8.84. The van der Waals surface area contributed by atoms with Gasteiger partial charge >= 0.3 is 0 Å². The second kappa shape index (κ2) is 6.25. The monoisotopic (exact) mass is 308 g/mol. The molecule has 1 spiro atoms. The number of rotatable bonds is 3. The van der Waals surface area contributed by atoms with E-state index in [4.69, 9.17) is 16.3 Å². The second-order valence-electron chi connectivity index (χ2n) is 6.73. The van der Waals surface area contributed by atoms with Crippen molar-refractivity contribution in [1.29, 1.82) is 0 Å². The summed E-state index contributed by atoms with van der Waals surface area (Å²) in [4.78, 5) is 4.85. The van der Waals surface area contributed by atoms with Gasteiger partial charge in [-0.3, -0.25) is 4.90 Å². The molecule has 3 rings (SSSR count). The van der Waals surface area contributed by atoms with Crippen molar-refractivity contribution < 1.29 is 4.74 Å². The molecule has 1 aromatic carbocycles. The molecular formula is C17H25ClN2O. The summed E-state index contributed by atoms with van der Waals surface area (Å²) < 4.78 is 6.20. The minimum atomic E-state index is 0.0752. The SMILES string of the molecule is CN(C)[C@@H]1CCO[C@]2(CCN(Cc3cccc(Cl)c3)C2)C1. The fraction of sp³-hybridized carbons (Fsp3) is 0.647. The van der Waals surface area contributed by atoms with Crippen molar-refractivity contribution in [3.8, 4) is 0 Å². The molecule has 116 valence electrons. The molecule has 2 fully saturated rings. The Labute approximate surface area is 132 Å². The maximum absolute atomic E-state index is 6.20. The van der Waals surface area contributed by atoms with Crippen molar-refractivity contribution in [1.82, 2.24) is 9.80 Å². The third-order valence-corrected chi connectivity index (χ3v) is 5.12. The lowest BCUT2D eigenvalue weighted by molar-refractivity contribution is -0.0932. The van der Waals surface area contributed by atoms with Gasteiger partial charge in [-0.1, -0.05) is 23.7 Å². The van der Waals surface area contributed by atoms with Crippen LogP contribution < -0.4 is 0 Å². The summed E-state index contributed by atoms with van der Waals surface area (Å²) in [5, 5.41) is 0.822. The summed E-state index contributed by atoms with van der Waals surface area (Å²) >= 11 is 6.08. The Morgan fingerprint density at radius 1 is 1.43 bits per heavy atom. The zero-order valence-electron chi connectivity index (χ0n) is 13.0. The first kappa shape index (κ1) is 15.3. The van der Waals surface area contributed by atoms with E-state index in [1.807, 2.05) is 12.1 Å². The fourth-order valence-electron chi connectivity index (χ4n) is 3.68. The number of hydrogen-bond donors (Lipinski definition) is 0. The molecule has 2 atom stereocenters. The molecule has 0 amide bonds. The van der Waals surface area contributed by atoms with Crippen LogP contribution in [0, 0.1) is 0 Å². The van der Waals surface area contributed by atoms with E-state index in [9.17, 15) is 0 Å². The molecule has 0 aromatic heterocycles. The smallest absolute Gasteiger partial charge is 0.0835 e. The van der Waals surface area contributed by atoms with Crippen molar-refractivity contribution in [3.63, 3.8) is 0 Å². The van der Waals surface area contributed by atoms with Crippen LogP contribution in [0.15, 0.2) is 24.3 Å². The van der Waals surface area contributed by atoms with E-state index in [1.54, 1.807) is 0 Å². The van der Waals surface area contributed by atoms with Crippen molar-refractivity contribution in [2.24, 2.45) is 0 Å². The van der Waals surface area contributed by atoms with E-state index in [0.29, 0.717) is 6.04 Å². The van der Waals surface area contributed by atoms with Gasteiger partial charge in [0.25, 0.3) is 0 Å². The molecule has 2 aliphatic rings. The minimum Gasteiger partial charge on any atom is -0.373 e. The van der Waals surface area contributed by atoms with Crippen LogP contribution in [0.2, 0.25) is 5.02 Å². The van der Waals surface area contributed by atoms with E-state index in [1.165, 1.54) is 5.56 Å². The van der Waals surface area contributed by atoms with E-state index in [2.05, 4.69) is 36.0 Å². The Hall–Kier alpha value is -0.610. The molecule has 0 bridgehead atoms. The molecular weight excluding hydrogens is 284 g/mol. The second-order valence-corrected chi connectivity index (χ2v) is 7.17. The van der Waals surface area contributed by atoms with Crippen molar-refractivity contribution >= 4 is 11.6 Å². The van der Waals surface area contributed by atoms with E-state index >= 15 is 0 Å². The van der Waals surface area contributed by atoms with Crippen LogP contribution in [0.5, 0.6) is 0 Å². The van der Waals surface area contributed by atoms with Crippen LogP contribution >= 0.6 is 11.6 Å². The first-order chi connectivity index (χ1) is 10.1. The number of nitrogens with zero attached hydrogens (tertiary/aromatic N) is 2. The molecule has 0 aliphatic carbocycles. The van der Waals surface area contributed by atoms with E-state index in [-0.39, 0.29) is 5.60 Å². The van der Waals surface area contributed by atoms with Crippen LogP contribution in [0.4, 0.5) is 0 Å². The summed E-state index contributed by atoms with van der Waals surface area (Å²) in [6.07, 6.45) is 3.47. The number of ether oxygens (including phenoxy) is 1. The third-order valence-electron chi connectivity index (χ3n) is 4.89. The average Bonchev–Trinajstić information content (AvgIpc) is 2.81. The Morgan fingerprint density at radius 2 is 2.29 bits per heavy atom. The van der Waals surface area contributed by atoms with E-state index < -0.39 is 0 Å². The largest absolute Gasteiger partial charge is 0.373 e. The Balaban J connectivity index is 1.62. The van der Waals surface area contributed by atoms with Crippen molar-refractivity contribution in [3.05, 3.63) is 34.9 Å². The Morgan fingerprint density at radius 3 is 3.05 bits per heavy atom. The first-order valence-electron chi connectivity index (χ1n) is 7.84. The van der Waals surface area contributed by atoms with Gasteiger partial charge < -0.3 is 9.64 Å². The van der Waals surface area contributed by atoms with Crippen LogP contribution in [-0.2, 0) is 11.3 Å². The van der Waals surface area contributed by atoms with Gasteiger partial charge in [-0.2, -0.15) is 0 Å². The fourth-order valence-corrected chi connectivity index (χ4v) is 3.90. The van der Waals surface area contributed by atoms with Gasteiger partial charge in [0.05, 0.1) is 5.60 Å². The summed E-state index contributed by atoms with van der Waals surface area (Å²) in [5.41, 5.74) is 1.37. The number of benzene rings is 1. The molecule has 0 radical (unpaired) electrons. The first-order valence-corrected chi connectivity index (χ1v) is 8.21. The Bertz CT molecular complexity index is 493. The van der Waals surface area contributed by atoms with Crippen LogP contribution in [0.3, 0.4) is 0 Å². The normalized spacial score (nSPS) is 30.4. The molecule has 1 aromatic rings. The molecule has 2 saturated heterocycles. The highest BCUT2D eigenvalue weighted by Crippen LogP contribution is 2.36. The molecule has 0 unspecified atom stereocenters. The topological polar surface area (TPSA) is 15.7 Å². The predicted octanol–water partition coefficient (Wildman–Crippen LogP) is 3.03. The van der Waals surface area contributed by atoms with Gasteiger partial charge in [-0.05, 0) is 51.1 Å². The maximum Gasteiger partial charge on any atom is 0.0835 e. The van der Waals surface area contributed by atoms with Gasteiger partial charge in [0.15, 0.2) is 0 Å². The van der Waals surface area contributed by atoms with Crippen LogP contribution in [-0.4, -0.2) is 55.2 Å². The highest BCUT2D eigenvalue weighted by molar-refractivity contribution is 6.30. The van der Waals surface area contributed by atoms with Gasteiger partial charge in [0.1, 0.15) is 0 Å². The van der Waals surface area contributed by atoms with Gasteiger partial charge in [-0.15, -0.1) is 0 Å². The predicted molar refractivity (Wildman–Crippen MR) is 86.7 cm³/mol. The zero-order chi connectivity index (χ0) is 14.9. The third kappa shape index (κ3) is 3.59. The molecule has 2 heterocycles. The molecule has 0 N–H and O–H groups in total. The van der Waals surface area contributed by atoms with Crippen molar-refractivity contribution in [2.45, 2.75) is 37.5 Å². The van der Waals surface area contributed by atoms with Gasteiger partial charge in [0, 0.05) is 37.3 Å². The average molecular weight is 309 g/mol. The summed E-state index contributed by atoms with van der Waals surface area (Å²) in [7, 11) is 4.37. The standard InChI is InChI=1S/C17H25ClN2O/c1-19(2)16-6-9-21-17(11-16)7-8-20(13-17)12-14-4-3-5-15(18)10-14/h3-5,10,16H,6-9,11-13H2,1-2H3/t16-,17-/m1/s1. The maximum atomic E-state index is 6.20. The number of likely N-dealkylation sites (tertiary alicyclic amines) is 1. The summed E-state index contributed by atoms with van der Waals surface area (Å²) in [5.74, 6) is 0. The summed E-state index contributed by atoms with van der Waals surface area (Å²) in [6.45, 7) is 4.03. The van der Waals surface area contributed by atoms with E-state index in [0.717, 1.165) is 50.5 Å². The molecule has 0 saturated carbocycles.